The van der Waals surface area contributed by atoms with Crippen molar-refractivity contribution < 1.29 is 35.7 Å². The second-order valence-electron chi connectivity index (χ2n) is 9.25. The van der Waals surface area contributed by atoms with Crippen LogP contribution in [0.2, 0.25) is 10.0 Å². The van der Waals surface area contributed by atoms with Crippen molar-refractivity contribution in [2.45, 2.75) is 38.8 Å². The summed E-state index contributed by atoms with van der Waals surface area (Å²) in [5.74, 6) is -1.42. The van der Waals surface area contributed by atoms with Crippen LogP contribution < -0.4 is 9.61 Å². The van der Waals surface area contributed by atoms with Gasteiger partial charge in [-0.1, -0.05) is 29.6 Å². The molecule has 0 atom stereocenters. The number of aromatic nitrogens is 2. The highest BCUT2D eigenvalue weighted by atomic mass is 35.5. The highest BCUT2D eigenvalue weighted by molar-refractivity contribution is 7.87. The third-order valence-corrected chi connectivity index (χ3v) is 7.76. The van der Waals surface area contributed by atoms with Crippen LogP contribution in [-0.2, 0) is 10.1 Å². The first kappa shape index (κ1) is 33.9. The number of carbonyl (C=O) groups is 1. The van der Waals surface area contributed by atoms with Crippen molar-refractivity contribution in [3.05, 3.63) is 79.2 Å². The van der Waals surface area contributed by atoms with Crippen LogP contribution in [0.15, 0.2) is 42.5 Å². The van der Waals surface area contributed by atoms with Gasteiger partial charge in [-0.05, 0) is 62.2 Å². The summed E-state index contributed by atoms with van der Waals surface area (Å²) < 4.78 is 67.8. The van der Waals surface area contributed by atoms with E-state index in [2.05, 4.69) is 10.4 Å². The number of halogens is 5. The van der Waals surface area contributed by atoms with Crippen molar-refractivity contribution in [1.82, 2.24) is 20.0 Å². The number of piperidine rings is 1. The fraction of sp³-hybridized carbons (Fsp3) is 0.360. The van der Waals surface area contributed by atoms with Crippen LogP contribution in [-0.4, -0.2) is 59.0 Å². The molecule has 12 nitrogen and oxygen atoms in total. The van der Waals surface area contributed by atoms with Gasteiger partial charge in [-0.25, -0.2) is 9.99 Å². The number of amides is 1. The molecule has 2 aromatic carbocycles. The van der Waals surface area contributed by atoms with Gasteiger partial charge in [0.2, 0.25) is 0 Å². The summed E-state index contributed by atoms with van der Waals surface area (Å²) in [6.45, 7) is 3.17. The highest BCUT2D eigenvalue weighted by Crippen LogP contribution is 2.34. The largest absolute Gasteiger partial charge is 0.390 e. The molecular weight excluding hydrogens is 642 g/mol. The first-order valence-electron chi connectivity index (χ1n) is 12.6. The van der Waals surface area contributed by atoms with E-state index >= 15 is 0 Å². The summed E-state index contributed by atoms with van der Waals surface area (Å²) in [4.78, 5) is 26.0. The third kappa shape index (κ3) is 9.98. The lowest BCUT2D eigenvalue weighted by Crippen LogP contribution is -2.45. The number of imidazole rings is 1. The number of hydrazine groups is 1. The molecule has 0 unspecified atom stereocenters. The molecule has 18 heteroatoms. The number of rotatable bonds is 8. The highest BCUT2D eigenvalue weighted by Gasteiger charge is 2.31. The Morgan fingerprint density at radius 3 is 2.26 bits per heavy atom. The van der Waals surface area contributed by atoms with E-state index in [4.69, 9.17) is 42.7 Å². The first-order chi connectivity index (χ1) is 20.1. The molecule has 0 saturated carbocycles. The van der Waals surface area contributed by atoms with Gasteiger partial charge in [0.1, 0.15) is 11.6 Å². The zero-order valence-corrected chi connectivity index (χ0v) is 24.8. The quantitative estimate of drug-likeness (QED) is 0.180. The minimum Gasteiger partial charge on any atom is -0.382 e. The number of hydrogen-bond acceptors (Lipinski definition) is 9. The first-order valence-corrected chi connectivity index (χ1v) is 14.9. The minimum atomic E-state index is -4.63. The molecule has 2 heterocycles. The number of nitrogens with zero attached hydrogens (tertiary/aromatic N) is 4. The van der Waals surface area contributed by atoms with Crippen LogP contribution in [0.1, 0.15) is 41.9 Å². The molecule has 3 aromatic rings. The second-order valence-corrected chi connectivity index (χ2v) is 11.8. The molecule has 1 amide bonds. The van der Waals surface area contributed by atoms with Gasteiger partial charge in [0, 0.05) is 29.4 Å². The average Bonchev–Trinajstić information content (AvgIpc) is 3.24. The summed E-state index contributed by atoms with van der Waals surface area (Å²) in [6, 6.07) is 10.5. The molecule has 0 radical (unpaired) electrons. The second kappa shape index (κ2) is 14.2. The van der Waals surface area contributed by atoms with Gasteiger partial charge in [0.15, 0.2) is 5.69 Å². The maximum absolute atomic E-state index is 13.2. The molecule has 1 aromatic heterocycles. The lowest BCUT2D eigenvalue weighted by molar-refractivity contribution is -0.402. The summed E-state index contributed by atoms with van der Waals surface area (Å²) in [6.07, 6.45) is -3.10. The van der Waals surface area contributed by atoms with Crippen molar-refractivity contribution in [3.8, 4) is 22.8 Å². The Morgan fingerprint density at radius 1 is 1.09 bits per heavy atom. The molecule has 0 bridgehead atoms. The zero-order chi connectivity index (χ0) is 31.9. The van der Waals surface area contributed by atoms with E-state index in [-0.39, 0.29) is 11.4 Å². The van der Waals surface area contributed by atoms with Crippen LogP contribution in [0, 0.1) is 22.2 Å². The molecule has 1 fully saturated rings. The van der Waals surface area contributed by atoms with E-state index in [1.807, 2.05) is 5.01 Å². The Balaban J connectivity index is 0.00000119. The Kier molecular flexibility index (Phi) is 11.2. The molecule has 1 saturated heterocycles. The number of alkyl halides is 3. The van der Waals surface area contributed by atoms with E-state index < -0.39 is 39.5 Å². The lowest BCUT2D eigenvalue weighted by Gasteiger charge is -2.26. The Bertz CT molecular complexity index is 1560. The molecule has 1 aliphatic heterocycles. The molecular formula is C25H25Cl2F3N5O7S-. The molecule has 1 aliphatic rings. The molecule has 0 aliphatic carbocycles. The van der Waals surface area contributed by atoms with E-state index in [9.17, 15) is 26.4 Å². The van der Waals surface area contributed by atoms with Gasteiger partial charge in [0.05, 0.1) is 28.0 Å². The molecule has 234 valence electrons. The molecule has 0 spiro atoms. The lowest BCUT2D eigenvalue weighted by atomic mass is 10.2. The van der Waals surface area contributed by atoms with E-state index in [1.54, 1.807) is 29.7 Å². The van der Waals surface area contributed by atoms with Gasteiger partial charge >= 0.3 is 16.3 Å². The van der Waals surface area contributed by atoms with Crippen LogP contribution in [0.4, 0.5) is 13.2 Å². The smallest absolute Gasteiger partial charge is 0.382 e. The van der Waals surface area contributed by atoms with E-state index in [0.29, 0.717) is 32.8 Å². The van der Waals surface area contributed by atoms with Crippen molar-refractivity contribution in [2.75, 3.05) is 18.8 Å². The molecule has 43 heavy (non-hydrogen) atoms. The Labute approximate surface area is 254 Å². The topological polar surface area (TPSA) is 160 Å². The summed E-state index contributed by atoms with van der Waals surface area (Å²) in [7, 11) is -4.46. The van der Waals surface area contributed by atoms with Crippen LogP contribution >= 0.6 is 23.2 Å². The van der Waals surface area contributed by atoms with Gasteiger partial charge in [-0.15, -0.1) is 0 Å². The molecule has 1 N–H and O–H groups in total. The maximum Gasteiger partial charge on any atom is 0.390 e. The van der Waals surface area contributed by atoms with Crippen molar-refractivity contribution in [1.29, 1.82) is 0 Å². The van der Waals surface area contributed by atoms with Crippen LogP contribution in [0.3, 0.4) is 0 Å². The zero-order valence-electron chi connectivity index (χ0n) is 22.4. The predicted octanol–water partition coefficient (Wildman–Crippen LogP) is 5.71. The van der Waals surface area contributed by atoms with Gasteiger partial charge < -0.3 is 19.5 Å². The maximum atomic E-state index is 13.2. The third-order valence-electron chi connectivity index (χ3n) is 6.06. The number of carbonyl (C=O) groups excluding carboxylic acids is 1. The summed E-state index contributed by atoms with van der Waals surface area (Å²) in [5.41, 5.74) is 4.53. The standard InChI is InChI=1S/C25H25Cl2F3N4O4S.NO3/c1-16-22(24(35)32-33-12-3-2-4-13-33)31-23(20-10-5-17(26)15-21(20)27)34(16)18-6-8-19(9-7-18)38-39(36,37)14-11-25(28,29)30;2-1(3)4/h5-10,15H,2-4,11-14H2,1H3,(H,32,35);/q;-1. The van der Waals surface area contributed by atoms with E-state index in [0.717, 1.165) is 32.4 Å². The van der Waals surface area contributed by atoms with Gasteiger partial charge in [-0.3, -0.25) is 14.8 Å². The molecule has 4 rings (SSSR count). The average molecular weight is 667 g/mol. The van der Waals surface area contributed by atoms with Crippen molar-refractivity contribution in [2.24, 2.45) is 0 Å². The number of benzene rings is 2. The fourth-order valence-corrected chi connectivity index (χ4v) is 5.63. The summed E-state index contributed by atoms with van der Waals surface area (Å²) in [5, 5.41) is 17.3. The van der Waals surface area contributed by atoms with Crippen molar-refractivity contribution >= 4 is 39.2 Å². The van der Waals surface area contributed by atoms with Gasteiger partial charge in [0.25, 0.3) is 5.91 Å². The Morgan fingerprint density at radius 2 is 1.70 bits per heavy atom. The number of nitrogens with one attached hydrogen (secondary N) is 1. The van der Waals surface area contributed by atoms with Crippen molar-refractivity contribution in [3.63, 3.8) is 0 Å². The SMILES string of the molecule is Cc1c(C(=O)NN2CCCCC2)nc(-c2ccc(Cl)cc2Cl)n1-c1ccc(OS(=O)(=O)CCC(F)(F)F)cc1.O=[N+]([O-])[O-]. The summed E-state index contributed by atoms with van der Waals surface area (Å²) >= 11 is 12.5. The monoisotopic (exact) mass is 666 g/mol. The Hall–Kier alpha value is -3.60. The van der Waals surface area contributed by atoms with E-state index in [1.165, 1.54) is 24.3 Å². The van der Waals surface area contributed by atoms with Crippen LogP contribution in [0.5, 0.6) is 5.75 Å². The minimum absolute atomic E-state index is 0.159. The number of hydrogen-bond donors (Lipinski definition) is 1. The van der Waals surface area contributed by atoms with Crippen LogP contribution in [0.25, 0.3) is 17.1 Å². The predicted molar refractivity (Wildman–Crippen MR) is 152 cm³/mol. The van der Waals surface area contributed by atoms with Gasteiger partial charge in [-0.2, -0.15) is 21.6 Å². The fourth-order valence-electron chi connectivity index (χ4n) is 4.17. The normalized spacial score (nSPS) is 14.0.